The van der Waals surface area contributed by atoms with Crippen molar-refractivity contribution in [3.63, 3.8) is 0 Å². The summed E-state index contributed by atoms with van der Waals surface area (Å²) in [5.41, 5.74) is 2.34. The molecule has 2 fully saturated rings. The number of morpholine rings is 1. The Kier molecular flexibility index (Phi) is 9.08. The number of hydrogen-bond acceptors (Lipinski definition) is 8. The van der Waals surface area contributed by atoms with E-state index in [9.17, 15) is 14.4 Å². The molecule has 1 N–H and O–H groups in total. The van der Waals surface area contributed by atoms with Crippen LogP contribution in [0, 0.1) is 0 Å². The second kappa shape index (κ2) is 12.6. The maximum absolute atomic E-state index is 12.9. The number of ether oxygens (including phenoxy) is 3. The molecule has 0 bridgehead atoms. The molecule has 2 heterocycles. The molecule has 0 aromatic heterocycles. The third-order valence-corrected chi connectivity index (χ3v) is 6.64. The van der Waals surface area contributed by atoms with E-state index in [4.69, 9.17) is 14.2 Å². The van der Waals surface area contributed by atoms with Gasteiger partial charge in [0.15, 0.2) is 11.5 Å². The van der Waals surface area contributed by atoms with Crippen LogP contribution in [0.5, 0.6) is 11.5 Å². The van der Waals surface area contributed by atoms with Gasteiger partial charge in [-0.2, -0.15) is 0 Å². The smallest absolute Gasteiger partial charge is 0.294 e. The van der Waals surface area contributed by atoms with Crippen LogP contribution in [-0.2, 0) is 14.3 Å². The number of carbonyl (C=O) groups excluding carboxylic acids is 3. The molecule has 196 valence electrons. The minimum absolute atomic E-state index is 0.248. The van der Waals surface area contributed by atoms with Gasteiger partial charge >= 0.3 is 0 Å². The molecule has 0 aliphatic carbocycles. The lowest BCUT2D eigenvalue weighted by Crippen LogP contribution is -2.36. The van der Waals surface area contributed by atoms with Crippen LogP contribution in [0.15, 0.2) is 47.4 Å². The summed E-state index contributed by atoms with van der Waals surface area (Å²) in [5, 5.41) is 2.28. The first-order valence-electron chi connectivity index (χ1n) is 12.4. The molecule has 0 radical (unpaired) electrons. The van der Waals surface area contributed by atoms with Crippen molar-refractivity contribution in [2.24, 2.45) is 0 Å². The Labute approximate surface area is 220 Å². The van der Waals surface area contributed by atoms with Gasteiger partial charge in [0.25, 0.3) is 11.1 Å². The van der Waals surface area contributed by atoms with Gasteiger partial charge in [0, 0.05) is 24.5 Å². The molecule has 2 aromatic carbocycles. The molecule has 0 atom stereocenters. The van der Waals surface area contributed by atoms with E-state index in [1.807, 2.05) is 26.0 Å². The molecule has 0 unspecified atom stereocenters. The van der Waals surface area contributed by atoms with Gasteiger partial charge in [-0.1, -0.05) is 13.0 Å². The van der Waals surface area contributed by atoms with Crippen molar-refractivity contribution in [2.45, 2.75) is 20.3 Å². The molecule has 3 amide bonds. The van der Waals surface area contributed by atoms with E-state index in [1.54, 1.807) is 36.4 Å². The van der Waals surface area contributed by atoms with Gasteiger partial charge in [-0.05, 0) is 73.1 Å². The predicted octanol–water partition coefficient (Wildman–Crippen LogP) is 4.39. The predicted molar refractivity (Wildman–Crippen MR) is 144 cm³/mol. The van der Waals surface area contributed by atoms with Gasteiger partial charge in [0.1, 0.15) is 6.54 Å². The van der Waals surface area contributed by atoms with Crippen molar-refractivity contribution in [1.29, 1.82) is 0 Å². The second-order valence-corrected chi connectivity index (χ2v) is 9.44. The zero-order valence-electron chi connectivity index (χ0n) is 21.0. The first-order chi connectivity index (χ1) is 18.0. The van der Waals surface area contributed by atoms with Crippen LogP contribution in [0.4, 0.5) is 16.2 Å². The Balaban J connectivity index is 1.38. The summed E-state index contributed by atoms with van der Waals surface area (Å²) in [6, 6.07) is 12.8. The van der Waals surface area contributed by atoms with E-state index in [1.165, 1.54) is 0 Å². The van der Waals surface area contributed by atoms with E-state index in [0.29, 0.717) is 49.2 Å². The number of thioether (sulfide) groups is 1. The van der Waals surface area contributed by atoms with E-state index in [0.717, 1.165) is 41.9 Å². The molecule has 2 saturated heterocycles. The summed E-state index contributed by atoms with van der Waals surface area (Å²) in [7, 11) is 0. The molecule has 9 nitrogen and oxygen atoms in total. The molecule has 4 rings (SSSR count). The summed E-state index contributed by atoms with van der Waals surface area (Å²) in [6.45, 7) is 7.60. The number of benzene rings is 2. The topological polar surface area (TPSA) is 97.4 Å². The zero-order valence-corrected chi connectivity index (χ0v) is 21.8. The molecule has 2 aliphatic heterocycles. The number of rotatable bonds is 10. The number of nitrogens with zero attached hydrogens (tertiary/aromatic N) is 2. The van der Waals surface area contributed by atoms with Gasteiger partial charge in [-0.3, -0.25) is 19.3 Å². The SMILES string of the molecule is CCCOc1ccc(/C=C2\SC(=O)N(CC(=O)Nc3ccc(N4CCOCC4)cc3)C2=O)cc1OCC. The Morgan fingerprint density at radius 2 is 1.81 bits per heavy atom. The Morgan fingerprint density at radius 1 is 1.05 bits per heavy atom. The average molecular weight is 526 g/mol. The van der Waals surface area contributed by atoms with Crippen molar-refractivity contribution in [1.82, 2.24) is 4.90 Å². The summed E-state index contributed by atoms with van der Waals surface area (Å²) < 4.78 is 16.8. The van der Waals surface area contributed by atoms with Gasteiger partial charge in [-0.25, -0.2) is 0 Å². The fourth-order valence-electron chi connectivity index (χ4n) is 3.92. The Morgan fingerprint density at radius 3 is 2.51 bits per heavy atom. The lowest BCUT2D eigenvalue weighted by atomic mass is 10.2. The average Bonchev–Trinajstić information content (AvgIpc) is 3.16. The quantitative estimate of drug-likeness (QED) is 0.457. The molecular weight excluding hydrogens is 494 g/mol. The monoisotopic (exact) mass is 525 g/mol. The van der Waals surface area contributed by atoms with Crippen LogP contribution in [0.2, 0.25) is 0 Å². The first kappa shape index (κ1) is 26.6. The molecule has 0 saturated carbocycles. The molecule has 37 heavy (non-hydrogen) atoms. The van der Waals surface area contributed by atoms with Crippen LogP contribution in [0.3, 0.4) is 0 Å². The summed E-state index contributed by atoms with van der Waals surface area (Å²) in [6.07, 6.45) is 2.49. The van der Waals surface area contributed by atoms with E-state index >= 15 is 0 Å². The first-order valence-corrected chi connectivity index (χ1v) is 13.2. The normalized spacial score (nSPS) is 16.9. The molecular formula is C27H31N3O6S. The maximum atomic E-state index is 12.9. The van der Waals surface area contributed by atoms with Crippen molar-refractivity contribution >= 4 is 46.3 Å². The number of amides is 3. The standard InChI is InChI=1S/C27H31N3O6S/c1-3-13-36-22-10-5-19(16-23(22)35-4-2)17-24-26(32)30(27(33)37-24)18-25(31)28-20-6-8-21(9-7-20)29-11-14-34-15-12-29/h5-10,16-17H,3-4,11-15,18H2,1-2H3,(H,28,31)/b24-17-. The van der Waals surface area contributed by atoms with Crippen molar-refractivity contribution in [3.05, 3.63) is 52.9 Å². The number of nitrogens with one attached hydrogen (secondary N) is 1. The van der Waals surface area contributed by atoms with Crippen LogP contribution in [0.1, 0.15) is 25.8 Å². The molecule has 2 aliphatic rings. The van der Waals surface area contributed by atoms with E-state index in [2.05, 4.69) is 10.2 Å². The molecule has 10 heteroatoms. The number of hydrogen-bond donors (Lipinski definition) is 1. The van der Waals surface area contributed by atoms with Crippen molar-refractivity contribution in [3.8, 4) is 11.5 Å². The Hall–Kier alpha value is -3.50. The van der Waals surface area contributed by atoms with Crippen molar-refractivity contribution in [2.75, 3.05) is 56.3 Å². The zero-order chi connectivity index (χ0) is 26.2. The summed E-state index contributed by atoms with van der Waals surface area (Å²) in [4.78, 5) is 41.5. The highest BCUT2D eigenvalue weighted by Crippen LogP contribution is 2.34. The van der Waals surface area contributed by atoms with Crippen LogP contribution < -0.4 is 19.7 Å². The highest BCUT2D eigenvalue weighted by Gasteiger charge is 2.36. The van der Waals surface area contributed by atoms with Gasteiger partial charge < -0.3 is 24.4 Å². The summed E-state index contributed by atoms with van der Waals surface area (Å²) in [5.74, 6) is 0.252. The summed E-state index contributed by atoms with van der Waals surface area (Å²) >= 11 is 0.811. The third-order valence-electron chi connectivity index (χ3n) is 5.73. The highest BCUT2D eigenvalue weighted by atomic mass is 32.2. The minimum atomic E-state index is -0.503. The lowest BCUT2D eigenvalue weighted by Gasteiger charge is -2.28. The van der Waals surface area contributed by atoms with E-state index < -0.39 is 17.1 Å². The third kappa shape index (κ3) is 6.84. The fourth-order valence-corrected chi connectivity index (χ4v) is 4.76. The lowest BCUT2D eigenvalue weighted by molar-refractivity contribution is -0.127. The highest BCUT2D eigenvalue weighted by molar-refractivity contribution is 8.18. The molecule has 0 spiro atoms. The second-order valence-electron chi connectivity index (χ2n) is 8.45. The fraction of sp³-hybridized carbons (Fsp3) is 0.370. The van der Waals surface area contributed by atoms with Gasteiger partial charge in [-0.15, -0.1) is 0 Å². The largest absolute Gasteiger partial charge is 0.490 e. The number of imide groups is 1. The van der Waals surface area contributed by atoms with Crippen molar-refractivity contribution < 1.29 is 28.6 Å². The Bertz CT molecular complexity index is 1160. The minimum Gasteiger partial charge on any atom is -0.490 e. The van der Waals surface area contributed by atoms with E-state index in [-0.39, 0.29) is 11.4 Å². The number of carbonyl (C=O) groups is 3. The van der Waals surface area contributed by atoms with Crippen LogP contribution >= 0.6 is 11.8 Å². The van der Waals surface area contributed by atoms with Crippen LogP contribution in [-0.4, -0.2) is 68.0 Å². The number of anilines is 2. The van der Waals surface area contributed by atoms with Gasteiger partial charge in [0.05, 0.1) is 31.3 Å². The molecule has 2 aromatic rings. The maximum Gasteiger partial charge on any atom is 0.294 e. The van der Waals surface area contributed by atoms with Crippen LogP contribution in [0.25, 0.3) is 6.08 Å². The van der Waals surface area contributed by atoms with Gasteiger partial charge in [0.2, 0.25) is 5.91 Å².